The molecule has 1 aromatic rings. The first-order valence-corrected chi connectivity index (χ1v) is 9.36. The van der Waals surface area contributed by atoms with Crippen LogP contribution in [0, 0.1) is 12.8 Å². The molecule has 2 fully saturated rings. The summed E-state index contributed by atoms with van der Waals surface area (Å²) in [6.07, 6.45) is 2.14. The first-order chi connectivity index (χ1) is 12.1. The predicted molar refractivity (Wildman–Crippen MR) is 98.2 cm³/mol. The van der Waals surface area contributed by atoms with Crippen LogP contribution >= 0.6 is 0 Å². The number of rotatable bonds is 4. The molecule has 2 saturated heterocycles. The summed E-state index contributed by atoms with van der Waals surface area (Å²) in [6.45, 7) is 9.74. The lowest BCUT2D eigenvalue weighted by Crippen LogP contribution is -2.49. The van der Waals surface area contributed by atoms with Gasteiger partial charge in [-0.1, -0.05) is 6.07 Å². The Morgan fingerprint density at radius 3 is 2.52 bits per heavy atom. The van der Waals surface area contributed by atoms with Crippen LogP contribution in [0.2, 0.25) is 0 Å². The van der Waals surface area contributed by atoms with E-state index in [0.29, 0.717) is 23.3 Å². The van der Waals surface area contributed by atoms with Gasteiger partial charge in [0, 0.05) is 32.2 Å². The molecule has 5 nitrogen and oxygen atoms in total. The molecule has 0 bridgehead atoms. The van der Waals surface area contributed by atoms with Gasteiger partial charge in [0.25, 0.3) is 5.91 Å². The SMILES string of the molecule is COc1cc(C)ccc1C(=O)N1CCC([C@H](C)N2CCOCC2)CC1. The van der Waals surface area contributed by atoms with E-state index in [4.69, 9.17) is 9.47 Å². The number of benzene rings is 1. The fourth-order valence-corrected chi connectivity index (χ4v) is 4.01. The molecular formula is C20H30N2O3. The molecule has 25 heavy (non-hydrogen) atoms. The molecular weight excluding hydrogens is 316 g/mol. The predicted octanol–water partition coefficient (Wildman–Crippen LogP) is 2.58. The summed E-state index contributed by atoms with van der Waals surface area (Å²) in [7, 11) is 1.63. The minimum atomic E-state index is 0.0920. The van der Waals surface area contributed by atoms with E-state index < -0.39 is 0 Å². The van der Waals surface area contributed by atoms with Crippen molar-refractivity contribution >= 4 is 5.91 Å². The van der Waals surface area contributed by atoms with Gasteiger partial charge >= 0.3 is 0 Å². The monoisotopic (exact) mass is 346 g/mol. The van der Waals surface area contributed by atoms with Gasteiger partial charge < -0.3 is 14.4 Å². The maximum Gasteiger partial charge on any atom is 0.257 e. The van der Waals surface area contributed by atoms with Crippen LogP contribution in [0.4, 0.5) is 0 Å². The Kier molecular flexibility index (Phi) is 5.97. The van der Waals surface area contributed by atoms with Crippen LogP contribution in [0.25, 0.3) is 0 Å². The molecule has 0 saturated carbocycles. The second-order valence-electron chi connectivity index (χ2n) is 7.22. The number of methoxy groups -OCH3 is 1. The molecule has 138 valence electrons. The highest BCUT2D eigenvalue weighted by atomic mass is 16.5. The smallest absolute Gasteiger partial charge is 0.257 e. The van der Waals surface area contributed by atoms with E-state index in [2.05, 4.69) is 11.8 Å². The van der Waals surface area contributed by atoms with E-state index in [1.165, 1.54) is 0 Å². The molecule has 0 N–H and O–H groups in total. The molecule has 1 atom stereocenters. The van der Waals surface area contributed by atoms with Gasteiger partial charge in [-0.25, -0.2) is 0 Å². The van der Waals surface area contributed by atoms with Gasteiger partial charge in [0.2, 0.25) is 0 Å². The van der Waals surface area contributed by atoms with E-state index in [1.807, 2.05) is 30.0 Å². The molecule has 3 rings (SSSR count). The summed E-state index contributed by atoms with van der Waals surface area (Å²) in [5.41, 5.74) is 1.78. The van der Waals surface area contributed by atoms with E-state index in [-0.39, 0.29) is 5.91 Å². The lowest BCUT2D eigenvalue weighted by Gasteiger charge is -2.41. The van der Waals surface area contributed by atoms with Crippen molar-refractivity contribution < 1.29 is 14.3 Å². The van der Waals surface area contributed by atoms with Gasteiger partial charge in [0.1, 0.15) is 5.75 Å². The zero-order valence-electron chi connectivity index (χ0n) is 15.7. The van der Waals surface area contributed by atoms with Gasteiger partial charge in [-0.05, 0) is 50.3 Å². The largest absolute Gasteiger partial charge is 0.496 e. The van der Waals surface area contributed by atoms with Crippen LogP contribution in [0.1, 0.15) is 35.7 Å². The highest BCUT2D eigenvalue weighted by Crippen LogP contribution is 2.27. The van der Waals surface area contributed by atoms with E-state index in [0.717, 1.165) is 57.8 Å². The lowest BCUT2D eigenvalue weighted by molar-refractivity contribution is -0.000965. The third-order valence-electron chi connectivity index (χ3n) is 5.72. The number of carbonyl (C=O) groups is 1. The quantitative estimate of drug-likeness (QED) is 0.840. The maximum atomic E-state index is 12.9. The van der Waals surface area contributed by atoms with Gasteiger partial charge in [-0.3, -0.25) is 9.69 Å². The van der Waals surface area contributed by atoms with E-state index >= 15 is 0 Å². The fourth-order valence-electron chi connectivity index (χ4n) is 4.01. The normalized spacial score (nSPS) is 21.2. The Labute approximate surface area is 150 Å². The molecule has 0 aliphatic carbocycles. The maximum absolute atomic E-state index is 12.9. The second-order valence-corrected chi connectivity index (χ2v) is 7.22. The minimum Gasteiger partial charge on any atom is -0.496 e. The number of morpholine rings is 1. The molecule has 2 aliphatic heterocycles. The number of piperidine rings is 1. The number of ether oxygens (including phenoxy) is 2. The highest BCUT2D eigenvalue weighted by Gasteiger charge is 2.31. The van der Waals surface area contributed by atoms with Crippen molar-refractivity contribution in [2.45, 2.75) is 32.7 Å². The summed E-state index contributed by atoms with van der Waals surface area (Å²) in [5.74, 6) is 1.42. The van der Waals surface area contributed by atoms with E-state index in [1.54, 1.807) is 7.11 Å². The Morgan fingerprint density at radius 2 is 1.88 bits per heavy atom. The first kappa shape index (κ1) is 18.2. The standard InChI is InChI=1S/C20H30N2O3/c1-15-4-5-18(19(14-15)24-3)20(23)22-8-6-17(7-9-22)16(2)21-10-12-25-13-11-21/h4-5,14,16-17H,6-13H2,1-3H3/t16-/m0/s1. The number of nitrogens with zero attached hydrogens (tertiary/aromatic N) is 2. The second kappa shape index (κ2) is 8.19. The van der Waals surface area contributed by atoms with Crippen molar-refractivity contribution in [2.75, 3.05) is 46.5 Å². The Morgan fingerprint density at radius 1 is 1.20 bits per heavy atom. The van der Waals surface area contributed by atoms with Gasteiger partial charge in [0.05, 0.1) is 25.9 Å². The van der Waals surface area contributed by atoms with Crippen molar-refractivity contribution in [1.82, 2.24) is 9.80 Å². The van der Waals surface area contributed by atoms with Gasteiger partial charge in [-0.2, -0.15) is 0 Å². The molecule has 2 aliphatic rings. The van der Waals surface area contributed by atoms with Crippen LogP contribution in [0.3, 0.4) is 0 Å². The zero-order chi connectivity index (χ0) is 17.8. The summed E-state index contributed by atoms with van der Waals surface area (Å²) >= 11 is 0. The van der Waals surface area contributed by atoms with Crippen LogP contribution in [0.5, 0.6) is 5.75 Å². The number of likely N-dealkylation sites (tertiary alicyclic amines) is 1. The van der Waals surface area contributed by atoms with Crippen LogP contribution < -0.4 is 4.74 Å². The minimum absolute atomic E-state index is 0.0920. The van der Waals surface area contributed by atoms with Crippen molar-refractivity contribution in [2.24, 2.45) is 5.92 Å². The third kappa shape index (κ3) is 4.15. The molecule has 0 unspecified atom stereocenters. The molecule has 1 amide bonds. The summed E-state index contributed by atoms with van der Waals surface area (Å²) in [5, 5.41) is 0. The number of amides is 1. The zero-order valence-corrected chi connectivity index (χ0v) is 15.7. The molecule has 0 radical (unpaired) electrons. The van der Waals surface area contributed by atoms with Crippen LogP contribution in [-0.4, -0.2) is 68.3 Å². The average Bonchev–Trinajstić information content (AvgIpc) is 2.67. The van der Waals surface area contributed by atoms with E-state index in [9.17, 15) is 4.79 Å². The Balaban J connectivity index is 1.59. The van der Waals surface area contributed by atoms with Crippen molar-refractivity contribution in [3.63, 3.8) is 0 Å². The molecule has 5 heteroatoms. The fraction of sp³-hybridized carbons (Fsp3) is 0.650. The summed E-state index contributed by atoms with van der Waals surface area (Å²) in [6, 6.07) is 6.36. The summed E-state index contributed by atoms with van der Waals surface area (Å²) < 4.78 is 10.9. The number of aryl methyl sites for hydroxylation is 1. The Hall–Kier alpha value is -1.59. The topological polar surface area (TPSA) is 42.0 Å². The van der Waals surface area contributed by atoms with Crippen LogP contribution in [0.15, 0.2) is 18.2 Å². The van der Waals surface area contributed by atoms with Crippen molar-refractivity contribution in [1.29, 1.82) is 0 Å². The van der Waals surface area contributed by atoms with Gasteiger partial charge in [0.15, 0.2) is 0 Å². The average molecular weight is 346 g/mol. The summed E-state index contributed by atoms with van der Waals surface area (Å²) in [4.78, 5) is 17.4. The van der Waals surface area contributed by atoms with Crippen molar-refractivity contribution in [3.05, 3.63) is 29.3 Å². The molecule has 0 spiro atoms. The molecule has 0 aromatic heterocycles. The number of carbonyl (C=O) groups excluding carboxylic acids is 1. The Bertz CT molecular complexity index is 591. The van der Waals surface area contributed by atoms with Crippen LogP contribution in [-0.2, 0) is 4.74 Å². The lowest BCUT2D eigenvalue weighted by atomic mass is 9.89. The molecule has 2 heterocycles. The highest BCUT2D eigenvalue weighted by molar-refractivity contribution is 5.97. The third-order valence-corrected chi connectivity index (χ3v) is 5.72. The van der Waals surface area contributed by atoms with Gasteiger partial charge in [-0.15, -0.1) is 0 Å². The number of hydrogen-bond donors (Lipinski definition) is 0. The first-order valence-electron chi connectivity index (χ1n) is 9.36. The molecule has 1 aromatic carbocycles. The number of hydrogen-bond acceptors (Lipinski definition) is 4. The van der Waals surface area contributed by atoms with Crippen molar-refractivity contribution in [3.8, 4) is 5.75 Å².